The van der Waals surface area contributed by atoms with E-state index in [2.05, 4.69) is 21.2 Å². The van der Waals surface area contributed by atoms with Crippen molar-refractivity contribution in [1.82, 2.24) is 5.32 Å². The van der Waals surface area contributed by atoms with Gasteiger partial charge in [-0.1, -0.05) is 6.07 Å². The lowest BCUT2D eigenvalue weighted by Gasteiger charge is -2.13. The highest BCUT2D eigenvalue weighted by Gasteiger charge is 2.12. The lowest BCUT2D eigenvalue weighted by molar-refractivity contribution is 0.0961. The second-order valence-electron chi connectivity index (χ2n) is 3.36. The first-order chi connectivity index (χ1) is 7.06. The van der Waals surface area contributed by atoms with Gasteiger partial charge in [-0.2, -0.15) is 0 Å². The third kappa shape index (κ3) is 2.96. The molecule has 0 heterocycles. The maximum atomic E-state index is 11.5. The molecule has 1 amide bonds. The molecule has 0 spiro atoms. The van der Waals surface area contributed by atoms with Gasteiger partial charge in [-0.3, -0.25) is 4.79 Å². The fourth-order valence-corrected chi connectivity index (χ4v) is 1.70. The van der Waals surface area contributed by atoms with Gasteiger partial charge in [-0.25, -0.2) is 0 Å². The SMILES string of the molecule is CNC(=O)c1cccc(OC(C)C)c1Br. The third-order valence-electron chi connectivity index (χ3n) is 1.80. The summed E-state index contributed by atoms with van der Waals surface area (Å²) in [6.45, 7) is 3.89. The van der Waals surface area contributed by atoms with Crippen LogP contribution in [0.4, 0.5) is 0 Å². The highest BCUT2D eigenvalue weighted by atomic mass is 79.9. The minimum absolute atomic E-state index is 0.0845. The number of amides is 1. The molecule has 4 heteroatoms. The molecular formula is C11H14BrNO2. The van der Waals surface area contributed by atoms with Crippen molar-refractivity contribution >= 4 is 21.8 Å². The van der Waals surface area contributed by atoms with Crippen molar-refractivity contribution in [2.24, 2.45) is 0 Å². The van der Waals surface area contributed by atoms with E-state index in [1.165, 1.54) is 0 Å². The lowest BCUT2D eigenvalue weighted by atomic mass is 10.2. The number of hydrogen-bond donors (Lipinski definition) is 1. The fourth-order valence-electron chi connectivity index (χ4n) is 1.17. The Morgan fingerprint density at radius 1 is 1.47 bits per heavy atom. The zero-order valence-corrected chi connectivity index (χ0v) is 10.6. The van der Waals surface area contributed by atoms with Crippen molar-refractivity contribution in [2.45, 2.75) is 20.0 Å². The Morgan fingerprint density at radius 3 is 2.67 bits per heavy atom. The summed E-state index contributed by atoms with van der Waals surface area (Å²) < 4.78 is 6.25. The van der Waals surface area contributed by atoms with Crippen molar-refractivity contribution in [3.05, 3.63) is 28.2 Å². The molecule has 0 radical (unpaired) electrons. The van der Waals surface area contributed by atoms with Crippen LogP contribution in [0.15, 0.2) is 22.7 Å². The van der Waals surface area contributed by atoms with E-state index in [-0.39, 0.29) is 12.0 Å². The molecule has 0 saturated carbocycles. The van der Waals surface area contributed by atoms with Gasteiger partial charge >= 0.3 is 0 Å². The fraction of sp³-hybridized carbons (Fsp3) is 0.364. The van der Waals surface area contributed by atoms with Gasteiger partial charge in [0.15, 0.2) is 0 Å². The number of nitrogens with one attached hydrogen (secondary N) is 1. The molecule has 1 rings (SSSR count). The highest BCUT2D eigenvalue weighted by molar-refractivity contribution is 9.10. The molecular weight excluding hydrogens is 258 g/mol. The Kier molecular flexibility index (Phi) is 4.15. The average Bonchev–Trinajstić information content (AvgIpc) is 2.19. The second-order valence-corrected chi connectivity index (χ2v) is 4.16. The van der Waals surface area contributed by atoms with Crippen LogP contribution in [-0.2, 0) is 0 Å². The monoisotopic (exact) mass is 271 g/mol. The number of carbonyl (C=O) groups is 1. The molecule has 0 bridgehead atoms. The number of halogens is 1. The zero-order valence-electron chi connectivity index (χ0n) is 9.00. The van der Waals surface area contributed by atoms with E-state index >= 15 is 0 Å². The smallest absolute Gasteiger partial charge is 0.252 e. The summed E-state index contributed by atoms with van der Waals surface area (Å²) in [4.78, 5) is 11.5. The molecule has 15 heavy (non-hydrogen) atoms. The lowest BCUT2D eigenvalue weighted by Crippen LogP contribution is -2.18. The van der Waals surface area contributed by atoms with Crippen LogP contribution in [0.2, 0.25) is 0 Å². The summed E-state index contributed by atoms with van der Waals surface area (Å²) in [6.07, 6.45) is 0.0845. The van der Waals surface area contributed by atoms with Gasteiger partial charge in [0, 0.05) is 7.05 Å². The van der Waals surface area contributed by atoms with Crippen molar-refractivity contribution < 1.29 is 9.53 Å². The Hall–Kier alpha value is -1.03. The number of ether oxygens (including phenoxy) is 1. The predicted octanol–water partition coefficient (Wildman–Crippen LogP) is 2.60. The van der Waals surface area contributed by atoms with Crippen molar-refractivity contribution in [3.63, 3.8) is 0 Å². The largest absolute Gasteiger partial charge is 0.490 e. The van der Waals surface area contributed by atoms with Crippen LogP contribution >= 0.6 is 15.9 Å². The Bertz CT molecular complexity index is 364. The van der Waals surface area contributed by atoms with Gasteiger partial charge in [0.05, 0.1) is 16.1 Å². The predicted molar refractivity (Wildman–Crippen MR) is 63.3 cm³/mol. The van der Waals surface area contributed by atoms with E-state index in [1.807, 2.05) is 19.9 Å². The van der Waals surface area contributed by atoms with Gasteiger partial charge in [0.1, 0.15) is 5.75 Å². The van der Waals surface area contributed by atoms with Crippen molar-refractivity contribution in [2.75, 3.05) is 7.05 Å². The Labute approximate surface area is 97.9 Å². The first kappa shape index (κ1) is 12.0. The van der Waals surface area contributed by atoms with E-state index in [0.717, 1.165) is 0 Å². The summed E-state index contributed by atoms with van der Waals surface area (Å²) in [6, 6.07) is 5.37. The van der Waals surface area contributed by atoms with Crippen molar-refractivity contribution in [1.29, 1.82) is 0 Å². The van der Waals surface area contributed by atoms with Gasteiger partial charge in [0.25, 0.3) is 5.91 Å². The maximum Gasteiger partial charge on any atom is 0.252 e. The molecule has 1 N–H and O–H groups in total. The third-order valence-corrected chi connectivity index (χ3v) is 2.62. The van der Waals surface area contributed by atoms with Gasteiger partial charge in [-0.15, -0.1) is 0 Å². The molecule has 3 nitrogen and oxygen atoms in total. The first-order valence-corrected chi connectivity index (χ1v) is 5.52. The summed E-state index contributed by atoms with van der Waals surface area (Å²) >= 11 is 3.37. The molecule has 0 aliphatic heterocycles. The summed E-state index contributed by atoms with van der Waals surface area (Å²) in [5.41, 5.74) is 0.579. The second kappa shape index (κ2) is 5.16. The Morgan fingerprint density at radius 2 is 2.13 bits per heavy atom. The summed E-state index contributed by atoms with van der Waals surface area (Å²) in [5.74, 6) is 0.558. The van der Waals surface area contributed by atoms with E-state index in [1.54, 1.807) is 19.2 Å². The van der Waals surface area contributed by atoms with Crippen LogP contribution < -0.4 is 10.1 Å². The quantitative estimate of drug-likeness (QED) is 0.918. The first-order valence-electron chi connectivity index (χ1n) is 4.73. The van der Waals surface area contributed by atoms with Crippen LogP contribution in [0.25, 0.3) is 0 Å². The molecule has 82 valence electrons. The highest BCUT2D eigenvalue weighted by Crippen LogP contribution is 2.29. The molecule has 0 fully saturated rings. The number of rotatable bonds is 3. The summed E-state index contributed by atoms with van der Waals surface area (Å²) in [7, 11) is 1.60. The topological polar surface area (TPSA) is 38.3 Å². The maximum absolute atomic E-state index is 11.5. The molecule has 0 aliphatic rings. The van der Waals surface area contributed by atoms with Gasteiger partial charge in [0.2, 0.25) is 0 Å². The van der Waals surface area contributed by atoms with Gasteiger partial charge in [-0.05, 0) is 41.9 Å². The number of hydrogen-bond acceptors (Lipinski definition) is 2. The normalized spacial score (nSPS) is 10.2. The van der Waals surface area contributed by atoms with E-state index in [4.69, 9.17) is 4.74 Å². The van der Waals surface area contributed by atoms with Crippen LogP contribution in [0.1, 0.15) is 24.2 Å². The minimum atomic E-state index is -0.129. The molecule has 0 unspecified atom stereocenters. The summed E-state index contributed by atoms with van der Waals surface area (Å²) in [5, 5.41) is 2.58. The number of carbonyl (C=O) groups excluding carboxylic acids is 1. The van der Waals surface area contributed by atoms with Gasteiger partial charge < -0.3 is 10.1 Å². The zero-order chi connectivity index (χ0) is 11.4. The van der Waals surface area contributed by atoms with Crippen molar-refractivity contribution in [3.8, 4) is 5.75 Å². The van der Waals surface area contributed by atoms with E-state index < -0.39 is 0 Å². The molecule has 0 saturated heterocycles. The minimum Gasteiger partial charge on any atom is -0.490 e. The van der Waals surface area contributed by atoms with Crippen LogP contribution in [0.3, 0.4) is 0 Å². The molecule has 1 aromatic carbocycles. The molecule has 1 aromatic rings. The molecule has 0 aliphatic carbocycles. The van der Waals surface area contributed by atoms with Crippen LogP contribution in [-0.4, -0.2) is 19.1 Å². The molecule has 0 atom stereocenters. The standard InChI is InChI=1S/C11H14BrNO2/c1-7(2)15-9-6-4-5-8(10(9)12)11(14)13-3/h4-7H,1-3H3,(H,13,14). The molecule has 0 aromatic heterocycles. The average molecular weight is 272 g/mol. The Balaban J connectivity index is 3.05. The number of benzene rings is 1. The van der Waals surface area contributed by atoms with Crippen LogP contribution in [0, 0.1) is 0 Å². The van der Waals surface area contributed by atoms with E-state index in [0.29, 0.717) is 15.8 Å². The van der Waals surface area contributed by atoms with E-state index in [9.17, 15) is 4.79 Å². The van der Waals surface area contributed by atoms with Crippen LogP contribution in [0.5, 0.6) is 5.75 Å².